The van der Waals surface area contributed by atoms with E-state index in [1.807, 2.05) is 53.7 Å². The summed E-state index contributed by atoms with van der Waals surface area (Å²) in [6.07, 6.45) is 5.63. The second-order valence-electron chi connectivity index (χ2n) is 9.73. The number of hydrogen-bond acceptors (Lipinski definition) is 9. The molecule has 0 aliphatic rings. The van der Waals surface area contributed by atoms with Crippen LogP contribution < -0.4 is 4.74 Å². The molecule has 0 saturated carbocycles. The number of carbonyl (C=O) groups is 3. The Labute approximate surface area is 244 Å². The monoisotopic (exact) mass is 586 g/mol. The summed E-state index contributed by atoms with van der Waals surface area (Å²) < 4.78 is 20.4. The van der Waals surface area contributed by atoms with Crippen LogP contribution in [0.25, 0.3) is 6.08 Å². The molecule has 1 aromatic carbocycles. The first kappa shape index (κ1) is 41.8. The van der Waals surface area contributed by atoms with Crippen molar-refractivity contribution < 1.29 is 43.5 Å². The maximum absolute atomic E-state index is 11.8. The Bertz CT molecular complexity index is 819. The van der Waals surface area contributed by atoms with E-state index >= 15 is 0 Å². The maximum Gasteiger partial charge on any atom is 0.330 e. The summed E-state index contributed by atoms with van der Waals surface area (Å²) in [4.78, 5) is 34.2. The lowest BCUT2D eigenvalue weighted by Crippen LogP contribution is -2.27. The zero-order valence-electron chi connectivity index (χ0n) is 26.4. The van der Waals surface area contributed by atoms with Crippen molar-refractivity contribution in [1.82, 2.24) is 0 Å². The Balaban J connectivity index is -0.000000685. The van der Waals surface area contributed by atoms with Crippen LogP contribution in [0.3, 0.4) is 0 Å². The van der Waals surface area contributed by atoms with E-state index in [1.54, 1.807) is 18.2 Å². The van der Waals surface area contributed by atoms with Crippen LogP contribution in [0.15, 0.2) is 30.3 Å². The number of esters is 3. The predicted octanol–water partition coefficient (Wildman–Crippen LogP) is 4.44. The zero-order chi connectivity index (χ0) is 31.6. The molecule has 0 radical (unpaired) electrons. The van der Waals surface area contributed by atoms with Crippen molar-refractivity contribution in [3.63, 3.8) is 0 Å². The number of methoxy groups -OCH3 is 1. The molecular formula is C30H54O9Si. The Hall–Kier alpha value is -2.69. The van der Waals surface area contributed by atoms with E-state index in [1.165, 1.54) is 19.2 Å². The Morgan fingerprint density at radius 2 is 1.30 bits per heavy atom. The first-order valence-corrected chi connectivity index (χ1v) is 16.1. The minimum absolute atomic E-state index is 0.0484. The van der Waals surface area contributed by atoms with E-state index in [4.69, 9.17) is 24.4 Å². The van der Waals surface area contributed by atoms with Gasteiger partial charge in [-0.25, -0.2) is 4.79 Å². The third kappa shape index (κ3) is 20.2. The number of aliphatic hydroxyl groups is 2. The fourth-order valence-electron chi connectivity index (χ4n) is 2.40. The molecule has 2 N–H and O–H groups in total. The lowest BCUT2D eigenvalue weighted by molar-refractivity contribution is -0.155. The van der Waals surface area contributed by atoms with Gasteiger partial charge in [0.2, 0.25) is 0 Å². The minimum Gasteiger partial charge on any atom is -0.490 e. The molecule has 0 aliphatic heterocycles. The molecule has 0 aliphatic carbocycles. The quantitative estimate of drug-likeness (QED) is 0.107. The molecular weight excluding hydrogens is 532 g/mol. The highest BCUT2D eigenvalue weighted by molar-refractivity contribution is 6.33. The van der Waals surface area contributed by atoms with Crippen molar-refractivity contribution in [2.75, 3.05) is 41.2 Å². The van der Waals surface area contributed by atoms with Crippen molar-refractivity contribution in [2.24, 2.45) is 10.8 Å². The van der Waals surface area contributed by atoms with Gasteiger partial charge in [0.05, 0.1) is 24.5 Å². The molecule has 9 nitrogen and oxygen atoms in total. The van der Waals surface area contributed by atoms with E-state index in [2.05, 4.69) is 11.3 Å². The van der Waals surface area contributed by atoms with Crippen LogP contribution in [-0.4, -0.2) is 78.8 Å². The first-order chi connectivity index (χ1) is 18.9. The number of rotatable bonds is 14. The molecule has 40 heavy (non-hydrogen) atoms. The summed E-state index contributed by atoms with van der Waals surface area (Å²) in [6, 6.07) is 8.49. The van der Waals surface area contributed by atoms with Gasteiger partial charge in [-0.3, -0.25) is 9.59 Å². The van der Waals surface area contributed by atoms with Crippen molar-refractivity contribution >= 4 is 33.5 Å². The SMILES string of the molecule is CCC(C)(C)C(=O)OCCC[SiH2]C.CCC(C)(C)C(=O)OCCOc1ccc(/C=C/C(=O)OC)cc1.CO.CO. The number of hydrogen-bond donors (Lipinski definition) is 2. The average molecular weight is 587 g/mol. The molecule has 1 aromatic rings. The summed E-state index contributed by atoms with van der Waals surface area (Å²) in [5, 5.41) is 14.0. The largest absolute Gasteiger partial charge is 0.490 e. The van der Waals surface area contributed by atoms with E-state index in [0.29, 0.717) is 19.0 Å². The fourth-order valence-corrected chi connectivity index (χ4v) is 3.10. The smallest absolute Gasteiger partial charge is 0.330 e. The highest BCUT2D eigenvalue weighted by Gasteiger charge is 2.27. The highest BCUT2D eigenvalue weighted by atomic mass is 28.2. The van der Waals surface area contributed by atoms with Crippen molar-refractivity contribution in [3.05, 3.63) is 35.9 Å². The van der Waals surface area contributed by atoms with Gasteiger partial charge in [0.25, 0.3) is 0 Å². The molecule has 10 heteroatoms. The van der Waals surface area contributed by atoms with Crippen LogP contribution in [0.5, 0.6) is 5.75 Å². The van der Waals surface area contributed by atoms with Gasteiger partial charge in [0.1, 0.15) is 19.0 Å². The molecule has 0 spiro atoms. The summed E-state index contributed by atoms with van der Waals surface area (Å²) in [6.45, 7) is 14.9. The van der Waals surface area contributed by atoms with Gasteiger partial charge in [0, 0.05) is 29.8 Å². The average Bonchev–Trinajstić information content (AvgIpc) is 2.98. The van der Waals surface area contributed by atoms with Gasteiger partial charge in [0.15, 0.2) is 0 Å². The summed E-state index contributed by atoms with van der Waals surface area (Å²) in [5.74, 6) is 0.00725. The summed E-state index contributed by atoms with van der Waals surface area (Å²) >= 11 is 0. The lowest BCUT2D eigenvalue weighted by atomic mass is 9.91. The zero-order valence-corrected chi connectivity index (χ0v) is 27.8. The second-order valence-corrected chi connectivity index (χ2v) is 11.4. The second kappa shape index (κ2) is 25.3. The molecule has 0 heterocycles. The number of carbonyl (C=O) groups excluding carboxylic acids is 3. The van der Waals surface area contributed by atoms with Gasteiger partial charge in [-0.05, 0) is 70.7 Å². The molecule has 0 atom stereocenters. The lowest BCUT2D eigenvalue weighted by Gasteiger charge is -2.20. The molecule has 232 valence electrons. The van der Waals surface area contributed by atoms with Crippen LogP contribution in [0.4, 0.5) is 0 Å². The molecule has 0 bridgehead atoms. The van der Waals surface area contributed by atoms with E-state index in [0.717, 1.165) is 39.0 Å². The topological polar surface area (TPSA) is 129 Å². The van der Waals surface area contributed by atoms with Gasteiger partial charge in [-0.1, -0.05) is 38.6 Å². The minimum atomic E-state index is -0.465. The third-order valence-corrected chi connectivity index (χ3v) is 7.14. The molecule has 0 saturated heterocycles. The Kier molecular flexibility index (Phi) is 26.4. The van der Waals surface area contributed by atoms with Crippen LogP contribution in [0.1, 0.15) is 66.4 Å². The molecule has 0 aromatic heterocycles. The predicted molar refractivity (Wildman–Crippen MR) is 163 cm³/mol. The van der Waals surface area contributed by atoms with Crippen molar-refractivity contribution in [3.8, 4) is 5.75 Å². The van der Waals surface area contributed by atoms with Gasteiger partial charge in [-0.2, -0.15) is 0 Å². The fraction of sp³-hybridized carbons (Fsp3) is 0.633. The number of ether oxygens (including phenoxy) is 4. The summed E-state index contributed by atoms with van der Waals surface area (Å²) in [7, 11) is 3.47. The molecule has 0 amide bonds. The number of aliphatic hydroxyl groups excluding tert-OH is 2. The maximum atomic E-state index is 11.8. The molecule has 0 unspecified atom stereocenters. The van der Waals surface area contributed by atoms with Gasteiger partial charge < -0.3 is 29.2 Å². The molecule has 1 rings (SSSR count). The number of benzene rings is 1. The van der Waals surface area contributed by atoms with E-state index in [9.17, 15) is 14.4 Å². The van der Waals surface area contributed by atoms with Crippen LogP contribution in [0.2, 0.25) is 12.6 Å². The van der Waals surface area contributed by atoms with Crippen LogP contribution >= 0.6 is 0 Å². The Morgan fingerprint density at radius 1 is 0.825 bits per heavy atom. The molecule has 0 fully saturated rings. The van der Waals surface area contributed by atoms with Crippen LogP contribution in [0, 0.1) is 10.8 Å². The summed E-state index contributed by atoms with van der Waals surface area (Å²) in [5.41, 5.74) is 0.0935. The van der Waals surface area contributed by atoms with Crippen molar-refractivity contribution in [1.29, 1.82) is 0 Å². The third-order valence-electron chi connectivity index (χ3n) is 5.93. The van der Waals surface area contributed by atoms with Crippen molar-refractivity contribution in [2.45, 2.75) is 73.4 Å². The van der Waals surface area contributed by atoms with Gasteiger partial charge in [-0.15, -0.1) is 0 Å². The van der Waals surface area contributed by atoms with E-state index < -0.39 is 11.4 Å². The Morgan fingerprint density at radius 3 is 1.73 bits per heavy atom. The van der Waals surface area contributed by atoms with Gasteiger partial charge >= 0.3 is 17.9 Å². The van der Waals surface area contributed by atoms with Crippen LogP contribution in [-0.2, 0) is 28.6 Å². The standard InChI is InChI=1S/C18H24O5.C10H22O2Si.2CH4O/c1-5-18(2,3)17(20)23-13-12-22-15-9-6-14(7-10-15)8-11-16(19)21-4;1-5-10(2,3)9(11)12-7-6-8-13-4;2*1-2/h6-11H,5,12-13H2,1-4H3;5-8,13H2,1-4H3;2*2H,1H3/b11-8+;;;. The normalized spacial score (nSPS) is 10.8. The highest BCUT2D eigenvalue weighted by Crippen LogP contribution is 2.22. The first-order valence-electron chi connectivity index (χ1n) is 13.7. The van der Waals surface area contributed by atoms with E-state index in [-0.39, 0.29) is 33.5 Å².